The molecule has 0 amide bonds. The van der Waals surface area contributed by atoms with Crippen LogP contribution in [0.15, 0.2) is 18.2 Å². The predicted octanol–water partition coefficient (Wildman–Crippen LogP) is 1.67. The van der Waals surface area contributed by atoms with Crippen LogP contribution < -0.4 is 15.4 Å². The number of Topliss-reactive ketones (excluding diaryl/α,β-unsaturated/α-hetero) is 1. The standard InChI is InChI=1S/C13H18N2O2/c1-8-7-15-11-6-10(4-5-12(11)17-8)13(16)9(2)14-3/h4-6,8-9,14-15H,7H2,1-3H3. The lowest BCUT2D eigenvalue weighted by Gasteiger charge is -2.25. The minimum absolute atomic E-state index is 0.0933. The Morgan fingerprint density at radius 2 is 2.35 bits per heavy atom. The number of ether oxygens (including phenoxy) is 1. The van der Waals surface area contributed by atoms with Crippen molar-refractivity contribution in [1.82, 2.24) is 5.32 Å². The lowest BCUT2D eigenvalue weighted by atomic mass is 10.0. The zero-order valence-corrected chi connectivity index (χ0v) is 10.4. The van der Waals surface area contributed by atoms with E-state index in [1.807, 2.05) is 32.0 Å². The van der Waals surface area contributed by atoms with Gasteiger partial charge in [0.25, 0.3) is 0 Å². The first-order valence-corrected chi connectivity index (χ1v) is 5.88. The summed E-state index contributed by atoms with van der Waals surface area (Å²) < 4.78 is 5.66. The maximum absolute atomic E-state index is 12.0. The molecule has 0 fully saturated rings. The normalized spacial score (nSPS) is 19.8. The molecule has 1 aromatic carbocycles. The van der Waals surface area contributed by atoms with Crippen LogP contribution in [-0.4, -0.2) is 31.5 Å². The van der Waals surface area contributed by atoms with Gasteiger partial charge in [-0.25, -0.2) is 0 Å². The summed E-state index contributed by atoms with van der Waals surface area (Å²) in [7, 11) is 1.78. The van der Waals surface area contributed by atoms with Crippen LogP contribution in [0.5, 0.6) is 5.75 Å². The quantitative estimate of drug-likeness (QED) is 0.781. The number of anilines is 1. The molecule has 4 nitrogen and oxygen atoms in total. The molecule has 1 aliphatic heterocycles. The lowest BCUT2D eigenvalue weighted by molar-refractivity contribution is 0.0955. The van der Waals surface area contributed by atoms with Crippen LogP contribution >= 0.6 is 0 Å². The summed E-state index contributed by atoms with van der Waals surface area (Å²) >= 11 is 0. The second kappa shape index (κ2) is 4.75. The van der Waals surface area contributed by atoms with Crippen LogP contribution in [0.4, 0.5) is 5.69 Å². The molecule has 1 aromatic rings. The second-order valence-corrected chi connectivity index (χ2v) is 4.39. The third kappa shape index (κ3) is 2.42. The molecule has 2 atom stereocenters. The Bertz CT molecular complexity index is 431. The Morgan fingerprint density at radius 1 is 1.59 bits per heavy atom. The number of hydrogen-bond acceptors (Lipinski definition) is 4. The van der Waals surface area contributed by atoms with Crippen molar-refractivity contribution in [2.45, 2.75) is 26.0 Å². The maximum atomic E-state index is 12.0. The highest BCUT2D eigenvalue weighted by Crippen LogP contribution is 2.30. The summed E-state index contributed by atoms with van der Waals surface area (Å²) in [6, 6.07) is 5.36. The summed E-state index contributed by atoms with van der Waals surface area (Å²) in [6.45, 7) is 4.64. The number of hydrogen-bond donors (Lipinski definition) is 2. The van der Waals surface area contributed by atoms with Crippen molar-refractivity contribution < 1.29 is 9.53 Å². The van der Waals surface area contributed by atoms with E-state index in [0.717, 1.165) is 18.0 Å². The van der Waals surface area contributed by atoms with Crippen molar-refractivity contribution in [2.24, 2.45) is 0 Å². The largest absolute Gasteiger partial charge is 0.487 e. The van der Waals surface area contributed by atoms with Gasteiger partial charge in [-0.05, 0) is 39.1 Å². The predicted molar refractivity (Wildman–Crippen MR) is 67.9 cm³/mol. The molecule has 2 N–H and O–H groups in total. The van der Waals surface area contributed by atoms with Gasteiger partial charge < -0.3 is 15.4 Å². The molecule has 2 unspecified atom stereocenters. The number of fused-ring (bicyclic) bond motifs is 1. The minimum Gasteiger partial charge on any atom is -0.487 e. The van der Waals surface area contributed by atoms with Crippen molar-refractivity contribution in [3.8, 4) is 5.75 Å². The Hall–Kier alpha value is -1.55. The SMILES string of the molecule is CNC(C)C(=O)c1ccc2c(c1)NCC(C)O2. The maximum Gasteiger partial charge on any atom is 0.179 e. The Kier molecular flexibility index (Phi) is 3.33. The van der Waals surface area contributed by atoms with Gasteiger partial charge in [-0.2, -0.15) is 0 Å². The third-order valence-electron chi connectivity index (χ3n) is 3.00. The first-order valence-electron chi connectivity index (χ1n) is 5.88. The zero-order valence-electron chi connectivity index (χ0n) is 10.4. The molecule has 1 heterocycles. The van der Waals surface area contributed by atoms with E-state index in [0.29, 0.717) is 5.56 Å². The van der Waals surface area contributed by atoms with Gasteiger partial charge in [-0.3, -0.25) is 4.79 Å². The number of rotatable bonds is 3. The number of ketones is 1. The summed E-state index contributed by atoms with van der Waals surface area (Å²) in [5.41, 5.74) is 1.61. The highest BCUT2D eigenvalue weighted by atomic mass is 16.5. The Labute approximate surface area is 101 Å². The van der Waals surface area contributed by atoms with E-state index in [1.165, 1.54) is 0 Å². The fourth-order valence-electron chi connectivity index (χ4n) is 1.82. The average Bonchev–Trinajstić information content (AvgIpc) is 2.36. The molecule has 0 radical (unpaired) electrons. The number of carbonyl (C=O) groups is 1. The summed E-state index contributed by atoms with van der Waals surface area (Å²) in [6.07, 6.45) is 0.167. The van der Waals surface area contributed by atoms with Gasteiger partial charge >= 0.3 is 0 Å². The van der Waals surface area contributed by atoms with Crippen molar-refractivity contribution in [2.75, 3.05) is 18.9 Å². The molecule has 0 spiro atoms. The second-order valence-electron chi connectivity index (χ2n) is 4.39. The van der Waals surface area contributed by atoms with Crippen LogP contribution in [0.1, 0.15) is 24.2 Å². The van der Waals surface area contributed by atoms with Crippen molar-refractivity contribution in [1.29, 1.82) is 0 Å². The molecular weight excluding hydrogens is 216 g/mol. The van der Waals surface area contributed by atoms with Crippen molar-refractivity contribution >= 4 is 11.5 Å². The molecule has 0 saturated heterocycles. The Balaban J connectivity index is 2.25. The summed E-state index contributed by atoms with van der Waals surface area (Å²) in [5, 5.41) is 6.22. The molecule has 92 valence electrons. The zero-order chi connectivity index (χ0) is 12.4. The Morgan fingerprint density at radius 3 is 3.06 bits per heavy atom. The monoisotopic (exact) mass is 234 g/mol. The molecule has 0 aliphatic carbocycles. The molecule has 1 aliphatic rings. The molecular formula is C13H18N2O2. The van der Waals surface area contributed by atoms with E-state index in [-0.39, 0.29) is 17.9 Å². The van der Waals surface area contributed by atoms with E-state index in [4.69, 9.17) is 4.74 Å². The van der Waals surface area contributed by atoms with E-state index in [2.05, 4.69) is 10.6 Å². The van der Waals surface area contributed by atoms with Crippen LogP contribution in [0.25, 0.3) is 0 Å². The van der Waals surface area contributed by atoms with Gasteiger partial charge in [0.2, 0.25) is 0 Å². The number of benzene rings is 1. The molecule has 2 rings (SSSR count). The van der Waals surface area contributed by atoms with Gasteiger partial charge in [-0.1, -0.05) is 0 Å². The highest BCUT2D eigenvalue weighted by molar-refractivity contribution is 6.00. The third-order valence-corrected chi connectivity index (χ3v) is 3.00. The van der Waals surface area contributed by atoms with Crippen LogP contribution in [0.3, 0.4) is 0 Å². The van der Waals surface area contributed by atoms with E-state index in [1.54, 1.807) is 7.05 Å². The number of nitrogens with one attached hydrogen (secondary N) is 2. The molecule has 0 saturated carbocycles. The molecule has 0 aromatic heterocycles. The number of carbonyl (C=O) groups excluding carboxylic acids is 1. The van der Waals surface area contributed by atoms with Gasteiger partial charge in [0.15, 0.2) is 5.78 Å². The smallest absolute Gasteiger partial charge is 0.179 e. The summed E-state index contributed by atoms with van der Waals surface area (Å²) in [4.78, 5) is 12.0. The fourth-order valence-corrected chi connectivity index (χ4v) is 1.82. The summed E-state index contributed by atoms with van der Waals surface area (Å²) in [5.74, 6) is 0.910. The fraction of sp³-hybridized carbons (Fsp3) is 0.462. The van der Waals surface area contributed by atoms with Gasteiger partial charge in [0, 0.05) is 5.56 Å². The van der Waals surface area contributed by atoms with Gasteiger partial charge in [0.05, 0.1) is 18.3 Å². The van der Waals surface area contributed by atoms with Crippen molar-refractivity contribution in [3.63, 3.8) is 0 Å². The van der Waals surface area contributed by atoms with Crippen LogP contribution in [0.2, 0.25) is 0 Å². The van der Waals surface area contributed by atoms with Crippen molar-refractivity contribution in [3.05, 3.63) is 23.8 Å². The van der Waals surface area contributed by atoms with Crippen LogP contribution in [0, 0.1) is 0 Å². The van der Waals surface area contributed by atoms with E-state index < -0.39 is 0 Å². The topological polar surface area (TPSA) is 50.4 Å². The van der Waals surface area contributed by atoms with E-state index >= 15 is 0 Å². The molecule has 4 heteroatoms. The number of likely N-dealkylation sites (N-methyl/N-ethyl adjacent to an activating group) is 1. The lowest BCUT2D eigenvalue weighted by Crippen LogP contribution is -2.31. The first-order chi connectivity index (χ1) is 8.11. The van der Waals surface area contributed by atoms with Crippen LogP contribution in [-0.2, 0) is 0 Å². The minimum atomic E-state index is -0.170. The highest BCUT2D eigenvalue weighted by Gasteiger charge is 2.19. The average molecular weight is 234 g/mol. The van der Waals surface area contributed by atoms with E-state index in [9.17, 15) is 4.79 Å². The van der Waals surface area contributed by atoms with Gasteiger partial charge in [-0.15, -0.1) is 0 Å². The molecule has 0 bridgehead atoms. The molecule has 17 heavy (non-hydrogen) atoms. The van der Waals surface area contributed by atoms with Gasteiger partial charge in [0.1, 0.15) is 11.9 Å². The first kappa shape index (κ1) is 11.9.